The smallest absolute Gasteiger partial charge is 0.407 e. The zero-order chi connectivity index (χ0) is 19.7. The summed E-state index contributed by atoms with van der Waals surface area (Å²) in [5.41, 5.74) is 0.961. The number of ether oxygens (including phenoxy) is 1. The molecule has 0 fully saturated rings. The summed E-state index contributed by atoms with van der Waals surface area (Å²) in [7, 11) is 0. The maximum atomic E-state index is 12.1. The first-order valence-corrected chi connectivity index (χ1v) is 10.4. The fourth-order valence-electron chi connectivity index (χ4n) is 3.15. The third-order valence-electron chi connectivity index (χ3n) is 4.69. The van der Waals surface area contributed by atoms with Crippen LogP contribution in [0.1, 0.15) is 76.7 Å². The molecule has 2 atom stereocenters. The summed E-state index contributed by atoms with van der Waals surface area (Å²) in [6.07, 6.45) is 11.4. The SMILES string of the molecule is C=CC[C@@H](O)C[C@H](CCCCCCCCC)NC(=O)OCc1ccccc1. The average molecular weight is 376 g/mol. The minimum atomic E-state index is -0.480. The van der Waals surface area contributed by atoms with E-state index in [0.717, 1.165) is 18.4 Å². The summed E-state index contributed by atoms with van der Waals surface area (Å²) in [6.45, 7) is 6.15. The topological polar surface area (TPSA) is 58.6 Å². The van der Waals surface area contributed by atoms with Gasteiger partial charge < -0.3 is 15.2 Å². The van der Waals surface area contributed by atoms with E-state index >= 15 is 0 Å². The largest absolute Gasteiger partial charge is 0.445 e. The lowest BCUT2D eigenvalue weighted by Crippen LogP contribution is -2.37. The van der Waals surface area contributed by atoms with Gasteiger partial charge in [-0.15, -0.1) is 6.58 Å². The number of benzene rings is 1. The van der Waals surface area contributed by atoms with Gasteiger partial charge in [-0.05, 0) is 24.8 Å². The Morgan fingerprint density at radius 3 is 2.48 bits per heavy atom. The van der Waals surface area contributed by atoms with Gasteiger partial charge in [0.15, 0.2) is 0 Å². The lowest BCUT2D eigenvalue weighted by Gasteiger charge is -2.21. The molecule has 0 aromatic heterocycles. The normalized spacial score (nSPS) is 13.0. The van der Waals surface area contributed by atoms with E-state index in [4.69, 9.17) is 4.74 Å². The van der Waals surface area contributed by atoms with E-state index in [9.17, 15) is 9.90 Å². The van der Waals surface area contributed by atoms with Crippen LogP contribution in [0.25, 0.3) is 0 Å². The summed E-state index contributed by atoms with van der Waals surface area (Å²) in [5.74, 6) is 0. The predicted molar refractivity (Wildman–Crippen MR) is 112 cm³/mol. The van der Waals surface area contributed by atoms with Crippen molar-refractivity contribution in [1.82, 2.24) is 5.32 Å². The number of aliphatic hydroxyl groups is 1. The van der Waals surface area contributed by atoms with Gasteiger partial charge in [0.05, 0.1) is 6.10 Å². The fourth-order valence-corrected chi connectivity index (χ4v) is 3.15. The number of rotatable bonds is 15. The van der Waals surface area contributed by atoms with Crippen LogP contribution in [0.4, 0.5) is 4.79 Å². The van der Waals surface area contributed by atoms with Crippen LogP contribution < -0.4 is 5.32 Å². The molecule has 1 aromatic carbocycles. The lowest BCUT2D eigenvalue weighted by atomic mass is 10.00. The molecule has 4 heteroatoms. The van der Waals surface area contributed by atoms with Crippen molar-refractivity contribution in [3.05, 3.63) is 48.6 Å². The first-order chi connectivity index (χ1) is 13.2. The molecule has 2 N–H and O–H groups in total. The molecule has 0 saturated heterocycles. The third-order valence-corrected chi connectivity index (χ3v) is 4.69. The Morgan fingerprint density at radius 2 is 1.81 bits per heavy atom. The molecular formula is C23H37NO3. The summed E-state index contributed by atoms with van der Waals surface area (Å²) in [5, 5.41) is 13.0. The fraction of sp³-hybridized carbons (Fsp3) is 0.609. The summed E-state index contributed by atoms with van der Waals surface area (Å²) in [6, 6.07) is 9.56. The molecule has 0 heterocycles. The summed E-state index contributed by atoms with van der Waals surface area (Å²) >= 11 is 0. The molecule has 1 amide bonds. The van der Waals surface area contributed by atoms with E-state index in [1.54, 1.807) is 6.08 Å². The summed E-state index contributed by atoms with van der Waals surface area (Å²) in [4.78, 5) is 12.1. The van der Waals surface area contributed by atoms with E-state index in [2.05, 4.69) is 18.8 Å². The molecule has 0 unspecified atom stereocenters. The number of unbranched alkanes of at least 4 members (excludes halogenated alkanes) is 6. The van der Waals surface area contributed by atoms with Gasteiger partial charge in [0.25, 0.3) is 0 Å². The highest BCUT2D eigenvalue weighted by Gasteiger charge is 2.17. The average Bonchev–Trinajstić information content (AvgIpc) is 2.66. The molecule has 0 aliphatic carbocycles. The first-order valence-electron chi connectivity index (χ1n) is 10.4. The van der Waals surface area contributed by atoms with Gasteiger partial charge in [0, 0.05) is 6.04 Å². The van der Waals surface area contributed by atoms with Crippen LogP contribution >= 0.6 is 0 Å². The lowest BCUT2D eigenvalue weighted by molar-refractivity contribution is 0.121. The molecule has 0 aliphatic rings. The number of carbonyl (C=O) groups is 1. The van der Waals surface area contributed by atoms with Gasteiger partial charge in [-0.1, -0.05) is 88.3 Å². The van der Waals surface area contributed by atoms with E-state index in [0.29, 0.717) is 12.8 Å². The molecule has 0 spiro atoms. The highest BCUT2D eigenvalue weighted by molar-refractivity contribution is 5.67. The van der Waals surface area contributed by atoms with Gasteiger partial charge >= 0.3 is 6.09 Å². The Morgan fingerprint density at radius 1 is 1.15 bits per heavy atom. The molecule has 4 nitrogen and oxygen atoms in total. The standard InChI is InChI=1S/C23H37NO3/c1-3-5-6-7-8-9-13-17-21(18-22(25)14-4-2)24-23(26)27-19-20-15-11-10-12-16-20/h4,10-12,15-16,21-22,25H,2-3,5-9,13-14,17-19H2,1H3,(H,24,26)/t21-,22+/m0/s1. The maximum absolute atomic E-state index is 12.1. The number of alkyl carbamates (subject to hydrolysis) is 1. The molecule has 0 bridgehead atoms. The van der Waals surface area contributed by atoms with Crippen LogP contribution in [0.5, 0.6) is 0 Å². The number of aliphatic hydroxyl groups excluding tert-OH is 1. The van der Waals surface area contributed by atoms with Crippen molar-refractivity contribution in [1.29, 1.82) is 0 Å². The highest BCUT2D eigenvalue weighted by atomic mass is 16.5. The van der Waals surface area contributed by atoms with Crippen LogP contribution in [0.15, 0.2) is 43.0 Å². The van der Waals surface area contributed by atoms with E-state index in [1.807, 2.05) is 30.3 Å². The van der Waals surface area contributed by atoms with E-state index in [-0.39, 0.29) is 12.6 Å². The van der Waals surface area contributed by atoms with E-state index < -0.39 is 12.2 Å². The monoisotopic (exact) mass is 375 g/mol. The van der Waals surface area contributed by atoms with Crippen molar-refractivity contribution >= 4 is 6.09 Å². The van der Waals surface area contributed by atoms with Gasteiger partial charge in [-0.3, -0.25) is 0 Å². The third kappa shape index (κ3) is 12.2. The number of hydrogen-bond acceptors (Lipinski definition) is 3. The quantitative estimate of drug-likeness (QED) is 0.303. The molecule has 1 rings (SSSR count). The second-order valence-electron chi connectivity index (χ2n) is 7.23. The first kappa shape index (κ1) is 23.2. The van der Waals surface area contributed by atoms with Crippen molar-refractivity contribution in [3.63, 3.8) is 0 Å². The van der Waals surface area contributed by atoms with Crippen molar-refractivity contribution in [2.24, 2.45) is 0 Å². The van der Waals surface area contributed by atoms with Gasteiger partial charge in [-0.25, -0.2) is 4.79 Å². The van der Waals surface area contributed by atoms with Crippen LogP contribution in [0, 0.1) is 0 Å². The Balaban J connectivity index is 2.35. The van der Waals surface area contributed by atoms with Crippen LogP contribution in [0.2, 0.25) is 0 Å². The number of nitrogens with one attached hydrogen (secondary N) is 1. The predicted octanol–water partition coefficient (Wildman–Crippen LogP) is 5.75. The second-order valence-corrected chi connectivity index (χ2v) is 7.23. The van der Waals surface area contributed by atoms with E-state index in [1.165, 1.54) is 38.5 Å². The Bertz CT molecular complexity index is 504. The molecule has 1 aromatic rings. The number of hydrogen-bond donors (Lipinski definition) is 2. The van der Waals surface area contributed by atoms with Crippen molar-refractivity contribution in [2.75, 3.05) is 0 Å². The maximum Gasteiger partial charge on any atom is 0.407 e. The number of carbonyl (C=O) groups excluding carboxylic acids is 1. The van der Waals surface area contributed by atoms with Crippen molar-refractivity contribution in [2.45, 2.75) is 89.9 Å². The highest BCUT2D eigenvalue weighted by Crippen LogP contribution is 2.14. The van der Waals surface area contributed by atoms with Gasteiger partial charge in [0.1, 0.15) is 6.61 Å². The number of amides is 1. The molecule has 152 valence electrons. The van der Waals surface area contributed by atoms with Crippen LogP contribution in [-0.4, -0.2) is 23.3 Å². The summed E-state index contributed by atoms with van der Waals surface area (Å²) < 4.78 is 5.32. The Labute approximate surface area is 165 Å². The minimum Gasteiger partial charge on any atom is -0.445 e. The Hall–Kier alpha value is -1.81. The molecule has 27 heavy (non-hydrogen) atoms. The minimum absolute atomic E-state index is 0.0705. The van der Waals surface area contributed by atoms with Gasteiger partial charge in [0.2, 0.25) is 0 Å². The van der Waals surface area contributed by atoms with Gasteiger partial charge in [-0.2, -0.15) is 0 Å². The van der Waals surface area contributed by atoms with Crippen LogP contribution in [0.3, 0.4) is 0 Å². The van der Waals surface area contributed by atoms with Crippen LogP contribution in [-0.2, 0) is 11.3 Å². The molecular weight excluding hydrogens is 338 g/mol. The Kier molecular flexibility index (Phi) is 13.1. The zero-order valence-corrected chi connectivity index (χ0v) is 16.9. The molecule has 0 aliphatic heterocycles. The van der Waals surface area contributed by atoms with Crippen molar-refractivity contribution in [3.8, 4) is 0 Å². The van der Waals surface area contributed by atoms with Crippen molar-refractivity contribution < 1.29 is 14.6 Å². The molecule has 0 saturated carbocycles. The second kappa shape index (κ2) is 15.3. The zero-order valence-electron chi connectivity index (χ0n) is 16.9. The molecule has 0 radical (unpaired) electrons.